The maximum atomic E-state index is 12.2. The number of rotatable bonds is 5. The van der Waals surface area contributed by atoms with Gasteiger partial charge in [-0.15, -0.1) is 11.3 Å². The Labute approximate surface area is 111 Å². The first kappa shape index (κ1) is 14.0. The second-order valence-electron chi connectivity index (χ2n) is 4.64. The van der Waals surface area contributed by atoms with E-state index in [-0.39, 0.29) is 17.0 Å². The van der Waals surface area contributed by atoms with Gasteiger partial charge in [-0.25, -0.2) is 13.1 Å². The van der Waals surface area contributed by atoms with Crippen molar-refractivity contribution in [3.8, 4) is 0 Å². The van der Waals surface area contributed by atoms with Gasteiger partial charge < -0.3 is 10.5 Å². The fourth-order valence-electron chi connectivity index (χ4n) is 2.02. The molecule has 1 aliphatic rings. The summed E-state index contributed by atoms with van der Waals surface area (Å²) in [6, 6.07) is 1.59. The molecule has 0 aromatic carbocycles. The first-order chi connectivity index (χ1) is 8.47. The third-order valence-corrected chi connectivity index (χ3v) is 5.67. The predicted octanol–water partition coefficient (Wildman–Crippen LogP) is 1.05. The van der Waals surface area contributed by atoms with Crippen molar-refractivity contribution >= 4 is 21.4 Å². The fraction of sp³-hybridized carbons (Fsp3) is 0.636. The topological polar surface area (TPSA) is 81.4 Å². The van der Waals surface area contributed by atoms with Crippen molar-refractivity contribution in [1.29, 1.82) is 0 Å². The Kier molecular flexibility index (Phi) is 4.08. The van der Waals surface area contributed by atoms with Crippen LogP contribution in [0.25, 0.3) is 0 Å². The number of ether oxygens (including phenoxy) is 1. The first-order valence-corrected chi connectivity index (χ1v) is 8.23. The molecule has 1 aliphatic heterocycles. The zero-order valence-electron chi connectivity index (χ0n) is 10.3. The maximum Gasteiger partial charge on any atom is 0.241 e. The number of nitrogens with two attached hydrogens (primary N) is 1. The van der Waals surface area contributed by atoms with E-state index in [0.717, 1.165) is 12.8 Å². The molecule has 3 N–H and O–H groups in total. The molecule has 18 heavy (non-hydrogen) atoms. The molecule has 0 bridgehead atoms. The molecule has 2 rings (SSSR count). The summed E-state index contributed by atoms with van der Waals surface area (Å²) in [6.45, 7) is 3.17. The molecule has 0 aliphatic carbocycles. The van der Waals surface area contributed by atoms with Gasteiger partial charge in [0.15, 0.2) is 0 Å². The van der Waals surface area contributed by atoms with Gasteiger partial charge in [-0.2, -0.15) is 0 Å². The molecule has 0 saturated carbocycles. The number of nitrogens with one attached hydrogen (secondary N) is 1. The van der Waals surface area contributed by atoms with E-state index in [2.05, 4.69) is 4.72 Å². The molecular weight excluding hydrogens is 272 g/mol. The van der Waals surface area contributed by atoms with Crippen molar-refractivity contribution in [3.05, 3.63) is 16.3 Å². The van der Waals surface area contributed by atoms with Gasteiger partial charge in [0, 0.05) is 24.6 Å². The van der Waals surface area contributed by atoms with Crippen LogP contribution in [0.3, 0.4) is 0 Å². The normalized spacial score (nSPS) is 24.6. The molecule has 7 heteroatoms. The van der Waals surface area contributed by atoms with Crippen LogP contribution >= 0.6 is 11.3 Å². The van der Waals surface area contributed by atoms with Gasteiger partial charge in [0.25, 0.3) is 0 Å². The summed E-state index contributed by atoms with van der Waals surface area (Å²) in [5.41, 5.74) is 5.15. The Balaban J connectivity index is 2.08. The molecule has 1 unspecified atom stereocenters. The lowest BCUT2D eigenvalue weighted by molar-refractivity contribution is 0.0250. The molecule has 102 valence electrons. The van der Waals surface area contributed by atoms with Crippen molar-refractivity contribution in [2.24, 2.45) is 5.73 Å². The minimum absolute atomic E-state index is 0.238. The summed E-state index contributed by atoms with van der Waals surface area (Å²) in [4.78, 5) is 0.969. The van der Waals surface area contributed by atoms with Gasteiger partial charge >= 0.3 is 0 Å². The van der Waals surface area contributed by atoms with Crippen molar-refractivity contribution in [2.45, 2.75) is 36.8 Å². The van der Waals surface area contributed by atoms with Crippen LogP contribution in [0.2, 0.25) is 0 Å². The van der Waals surface area contributed by atoms with Crippen LogP contribution in [0.5, 0.6) is 0 Å². The molecule has 1 saturated heterocycles. The minimum atomic E-state index is -3.48. The smallest absolute Gasteiger partial charge is 0.241 e. The molecule has 5 nitrogen and oxygen atoms in total. The van der Waals surface area contributed by atoms with Crippen LogP contribution in [0.1, 0.15) is 24.6 Å². The van der Waals surface area contributed by atoms with Gasteiger partial charge in [-0.05, 0) is 31.2 Å². The number of hydrogen-bond acceptors (Lipinski definition) is 5. The third-order valence-electron chi connectivity index (χ3n) is 3.12. The zero-order valence-corrected chi connectivity index (χ0v) is 11.9. The van der Waals surface area contributed by atoms with E-state index in [1.54, 1.807) is 11.4 Å². The highest BCUT2D eigenvalue weighted by Gasteiger charge is 2.32. The summed E-state index contributed by atoms with van der Waals surface area (Å²) in [5, 5.41) is 1.74. The van der Waals surface area contributed by atoms with Gasteiger partial charge in [0.05, 0.1) is 10.5 Å². The molecule has 2 heterocycles. The number of thiophene rings is 1. The van der Waals surface area contributed by atoms with Gasteiger partial charge in [-0.3, -0.25) is 0 Å². The highest BCUT2D eigenvalue weighted by atomic mass is 32.2. The summed E-state index contributed by atoms with van der Waals surface area (Å²) in [6.07, 6.45) is 1.85. The number of hydrogen-bond donors (Lipinski definition) is 2. The Morgan fingerprint density at radius 2 is 2.39 bits per heavy atom. The predicted molar refractivity (Wildman–Crippen MR) is 71.0 cm³/mol. The van der Waals surface area contributed by atoms with Gasteiger partial charge in [0.1, 0.15) is 0 Å². The van der Waals surface area contributed by atoms with Crippen LogP contribution in [0.4, 0.5) is 0 Å². The van der Waals surface area contributed by atoms with Crippen molar-refractivity contribution in [2.75, 3.05) is 13.2 Å². The standard InChI is InChI=1S/C11H18N2O3S2/c1-11(4-2-5-16-11)8-13-18(14,15)10-3-6-17-9(10)7-12/h3,6,13H,2,4-5,7-8,12H2,1H3. The molecule has 1 aromatic rings. The van der Waals surface area contributed by atoms with E-state index in [1.807, 2.05) is 6.92 Å². The zero-order chi connectivity index (χ0) is 13.2. The minimum Gasteiger partial charge on any atom is -0.374 e. The van der Waals surface area contributed by atoms with Crippen LogP contribution in [0, 0.1) is 0 Å². The Morgan fingerprint density at radius 1 is 1.61 bits per heavy atom. The van der Waals surface area contributed by atoms with E-state index < -0.39 is 10.0 Å². The highest BCUT2D eigenvalue weighted by Crippen LogP contribution is 2.26. The van der Waals surface area contributed by atoms with E-state index in [4.69, 9.17) is 10.5 Å². The van der Waals surface area contributed by atoms with Crippen molar-refractivity contribution in [3.63, 3.8) is 0 Å². The average Bonchev–Trinajstić information content (AvgIpc) is 2.96. The Hall–Kier alpha value is -0.470. The molecule has 0 radical (unpaired) electrons. The lowest BCUT2D eigenvalue weighted by Gasteiger charge is -2.23. The average molecular weight is 290 g/mol. The summed E-state index contributed by atoms with van der Waals surface area (Å²) < 4.78 is 32.5. The largest absolute Gasteiger partial charge is 0.374 e. The summed E-state index contributed by atoms with van der Waals surface area (Å²) >= 11 is 1.36. The lowest BCUT2D eigenvalue weighted by atomic mass is 10.0. The third kappa shape index (κ3) is 2.92. The lowest BCUT2D eigenvalue weighted by Crippen LogP contribution is -2.40. The molecule has 1 atom stereocenters. The van der Waals surface area contributed by atoms with Crippen LogP contribution in [-0.4, -0.2) is 27.2 Å². The Morgan fingerprint density at radius 3 is 3.00 bits per heavy atom. The molecule has 0 amide bonds. The summed E-state index contributed by atoms with van der Waals surface area (Å²) in [7, 11) is -3.48. The molecule has 1 aromatic heterocycles. The van der Waals surface area contributed by atoms with E-state index in [9.17, 15) is 8.42 Å². The van der Waals surface area contributed by atoms with Crippen LogP contribution in [-0.2, 0) is 21.3 Å². The molecule has 1 fully saturated rings. The maximum absolute atomic E-state index is 12.2. The first-order valence-electron chi connectivity index (χ1n) is 5.87. The second-order valence-corrected chi connectivity index (χ2v) is 7.37. The van der Waals surface area contributed by atoms with Gasteiger partial charge in [0.2, 0.25) is 10.0 Å². The highest BCUT2D eigenvalue weighted by molar-refractivity contribution is 7.89. The van der Waals surface area contributed by atoms with E-state index in [1.165, 1.54) is 11.3 Å². The van der Waals surface area contributed by atoms with E-state index >= 15 is 0 Å². The quantitative estimate of drug-likeness (QED) is 0.849. The monoisotopic (exact) mass is 290 g/mol. The Bertz CT molecular complexity index is 504. The molecule has 0 spiro atoms. The number of sulfonamides is 1. The SMILES string of the molecule is CC1(CNS(=O)(=O)c2ccsc2CN)CCCO1. The molecular formula is C11H18N2O3S2. The van der Waals surface area contributed by atoms with Gasteiger partial charge in [-0.1, -0.05) is 0 Å². The van der Waals surface area contributed by atoms with E-state index in [0.29, 0.717) is 18.0 Å². The van der Waals surface area contributed by atoms with Crippen molar-refractivity contribution < 1.29 is 13.2 Å². The van der Waals surface area contributed by atoms with Crippen molar-refractivity contribution in [1.82, 2.24) is 4.72 Å². The fourth-order valence-corrected chi connectivity index (χ4v) is 4.51. The van der Waals surface area contributed by atoms with Crippen LogP contribution in [0.15, 0.2) is 16.3 Å². The summed E-state index contributed by atoms with van der Waals surface area (Å²) in [5.74, 6) is 0. The van der Waals surface area contributed by atoms with Crippen LogP contribution < -0.4 is 10.5 Å². The second kappa shape index (κ2) is 5.26.